The zero-order chi connectivity index (χ0) is 47.6. The Morgan fingerprint density at radius 1 is 0.418 bits per heavy atom. The van der Waals surface area contributed by atoms with Crippen molar-refractivity contribution in [3.8, 4) is 0 Å². The lowest BCUT2D eigenvalue weighted by molar-refractivity contribution is -0.111. The molecule has 8 rings (SSSR count). The van der Waals surface area contributed by atoms with Crippen molar-refractivity contribution in [1.29, 1.82) is 0 Å². The Balaban J connectivity index is 0.969. The Bertz CT molecular complexity index is 3180. The van der Waals surface area contributed by atoms with Gasteiger partial charge in [-0.05, 0) is 133 Å². The lowest BCUT2D eigenvalue weighted by atomic mass is 9.93. The second kappa shape index (κ2) is 17.9. The van der Waals surface area contributed by atoms with Gasteiger partial charge in [0.25, 0.3) is 20.2 Å². The Hall–Kier alpha value is -8.90. The molecule has 21 nitrogen and oxygen atoms in total. The highest BCUT2D eigenvalue weighted by molar-refractivity contribution is 7.91. The number of hydrazone groups is 4. The molecule has 0 fully saturated rings. The number of fused-ring (bicyclic) bond motifs is 2. The van der Waals surface area contributed by atoms with E-state index in [1.54, 1.807) is 24.3 Å². The molecule has 0 saturated heterocycles. The van der Waals surface area contributed by atoms with Crippen LogP contribution in [0.5, 0.6) is 0 Å². The summed E-state index contributed by atoms with van der Waals surface area (Å²) in [5.41, 5.74) is 12.1. The zero-order valence-corrected chi connectivity index (χ0v) is 35.5. The SMILES string of the molecule is O=C1C=CC(=NNc2ccc(NN=C3C(=O)c4ccc(Nc5ccc6c(c5)C=C(S(=O)(=O)O)C(=NNc5ccc(NN=C7C=CC(=O)C=C7O)cc5)C6=O)cc4C=C3S(=O)(=O)O)cc2)C(O)=C1. The third kappa shape index (κ3) is 10.1. The molecule has 0 bridgehead atoms. The Labute approximate surface area is 378 Å². The van der Waals surface area contributed by atoms with Crippen molar-refractivity contribution in [2.24, 2.45) is 20.4 Å². The molecule has 0 aliphatic heterocycles. The number of aliphatic hydroxyl groups excluding tert-OH is 2. The van der Waals surface area contributed by atoms with Crippen LogP contribution in [0, 0.1) is 0 Å². The van der Waals surface area contributed by atoms with Gasteiger partial charge in [0, 0.05) is 34.7 Å². The molecular weight excluding hydrogens is 911 g/mol. The van der Waals surface area contributed by atoms with Crippen molar-refractivity contribution < 1.29 is 55.3 Å². The molecule has 0 spiro atoms. The van der Waals surface area contributed by atoms with Gasteiger partial charge in [0.1, 0.15) is 32.8 Å². The fraction of sp³-hybridized carbons (Fsp3) is 0. The highest BCUT2D eigenvalue weighted by Crippen LogP contribution is 2.32. The summed E-state index contributed by atoms with van der Waals surface area (Å²) < 4.78 is 70.4. The molecule has 0 heterocycles. The molecule has 0 unspecified atom stereocenters. The number of benzene rings is 4. The van der Waals surface area contributed by atoms with Crippen molar-refractivity contribution in [3.63, 3.8) is 0 Å². The second-order valence-electron chi connectivity index (χ2n) is 14.4. The maximum absolute atomic E-state index is 13.6. The maximum Gasteiger partial charge on any atom is 0.296 e. The average Bonchev–Trinajstić information content (AvgIpc) is 3.27. The van der Waals surface area contributed by atoms with Crippen LogP contribution in [0.4, 0.5) is 34.1 Å². The molecule has 4 aliphatic carbocycles. The number of carbonyl (C=O) groups is 4. The van der Waals surface area contributed by atoms with Crippen molar-refractivity contribution in [1.82, 2.24) is 0 Å². The standard InChI is InChI=1S/C44H31N9O12S2/c54-31-11-15-35(37(56)21-31)50-46-25-1-5-27(6-2-25)48-52-41-39(66(60,61)62)19-23-17-29(9-13-33(23)43(41)58)45-30-10-14-34-24(18-30)20-40(67(63,64)65)42(44(34)59)53-49-28-7-3-26(4-8-28)47-51-36-16-12-32(55)22-38(36)57/h1-22,45-49,56-57H,(H,60,61,62)(H,63,64,65). The van der Waals surface area contributed by atoms with Gasteiger partial charge in [-0.1, -0.05) is 0 Å². The van der Waals surface area contributed by atoms with Crippen LogP contribution in [0.2, 0.25) is 0 Å². The van der Waals surface area contributed by atoms with E-state index in [0.717, 1.165) is 24.3 Å². The minimum absolute atomic E-state index is 0.0399. The van der Waals surface area contributed by atoms with Gasteiger partial charge >= 0.3 is 0 Å². The molecule has 9 N–H and O–H groups in total. The summed E-state index contributed by atoms with van der Waals surface area (Å²) in [5, 5.41) is 38.9. The van der Waals surface area contributed by atoms with Gasteiger partial charge in [0.2, 0.25) is 11.6 Å². The topological polar surface area (TPSA) is 327 Å². The minimum Gasteiger partial charge on any atom is -0.505 e. The van der Waals surface area contributed by atoms with Crippen LogP contribution in [-0.2, 0) is 29.8 Å². The zero-order valence-electron chi connectivity index (χ0n) is 33.9. The summed E-state index contributed by atoms with van der Waals surface area (Å²) in [6.07, 6.45) is 9.30. The number of ketones is 4. The molecule has 0 aromatic heterocycles. The molecule has 0 amide bonds. The third-order valence-corrected chi connectivity index (χ3v) is 11.5. The summed E-state index contributed by atoms with van der Waals surface area (Å²) in [7, 11) is -10.0. The molecule has 67 heavy (non-hydrogen) atoms. The average molecular weight is 942 g/mol. The van der Waals surface area contributed by atoms with Gasteiger partial charge in [0.15, 0.2) is 23.0 Å². The first-order valence-corrected chi connectivity index (χ1v) is 22.1. The van der Waals surface area contributed by atoms with E-state index in [1.165, 1.54) is 85.0 Å². The van der Waals surface area contributed by atoms with E-state index in [0.29, 0.717) is 34.1 Å². The van der Waals surface area contributed by atoms with E-state index in [2.05, 4.69) is 47.4 Å². The van der Waals surface area contributed by atoms with Gasteiger partial charge in [0.05, 0.1) is 22.7 Å². The molecule has 0 saturated carbocycles. The number of anilines is 6. The van der Waals surface area contributed by atoms with Crippen LogP contribution in [0.15, 0.2) is 163 Å². The summed E-state index contributed by atoms with van der Waals surface area (Å²) in [6, 6.07) is 20.9. The van der Waals surface area contributed by atoms with E-state index in [1.807, 2.05) is 0 Å². The molecule has 4 aromatic carbocycles. The highest BCUT2D eigenvalue weighted by Gasteiger charge is 2.34. The maximum atomic E-state index is 13.6. The smallest absolute Gasteiger partial charge is 0.296 e. The van der Waals surface area contributed by atoms with Crippen LogP contribution < -0.4 is 27.0 Å². The number of aliphatic hydroxyl groups is 2. The van der Waals surface area contributed by atoms with Crippen molar-refractivity contribution in [2.45, 2.75) is 0 Å². The molecule has 23 heteroatoms. The van der Waals surface area contributed by atoms with Crippen LogP contribution in [0.3, 0.4) is 0 Å². The summed E-state index contributed by atoms with van der Waals surface area (Å²) in [5.74, 6) is -3.07. The molecular formula is C44H31N9O12S2. The summed E-state index contributed by atoms with van der Waals surface area (Å²) in [4.78, 5) is 48.4. The number of carbonyl (C=O) groups excluding carboxylic acids is 4. The van der Waals surface area contributed by atoms with Crippen LogP contribution >= 0.6 is 0 Å². The second-order valence-corrected chi connectivity index (χ2v) is 17.2. The fourth-order valence-corrected chi connectivity index (χ4v) is 7.84. The number of Topliss-reactive ketones (excluding diaryl/α,β-unsaturated/α-hetero) is 2. The van der Waals surface area contributed by atoms with Crippen LogP contribution in [0.25, 0.3) is 12.2 Å². The summed E-state index contributed by atoms with van der Waals surface area (Å²) in [6.45, 7) is 0. The van der Waals surface area contributed by atoms with Gasteiger partial charge in [-0.3, -0.25) is 50.0 Å². The Kier molecular flexibility index (Phi) is 12.0. The van der Waals surface area contributed by atoms with E-state index >= 15 is 0 Å². The quantitative estimate of drug-likeness (QED) is 0.0452. The first-order chi connectivity index (χ1) is 31.9. The number of hydrogen-bond acceptors (Lipinski definition) is 19. The fourth-order valence-electron chi connectivity index (χ4n) is 6.53. The predicted molar refractivity (Wildman–Crippen MR) is 251 cm³/mol. The van der Waals surface area contributed by atoms with Gasteiger partial charge < -0.3 is 15.5 Å². The van der Waals surface area contributed by atoms with Crippen molar-refractivity contribution in [2.75, 3.05) is 27.0 Å². The Morgan fingerprint density at radius 3 is 1.07 bits per heavy atom. The van der Waals surface area contributed by atoms with Crippen LogP contribution in [0.1, 0.15) is 31.8 Å². The van der Waals surface area contributed by atoms with Gasteiger partial charge in [-0.2, -0.15) is 37.2 Å². The molecule has 4 aliphatic rings. The van der Waals surface area contributed by atoms with Crippen molar-refractivity contribution >= 4 is 112 Å². The number of hydrogen-bond donors (Lipinski definition) is 9. The number of nitrogens with zero attached hydrogens (tertiary/aromatic N) is 4. The molecule has 0 radical (unpaired) electrons. The lowest BCUT2D eigenvalue weighted by Crippen LogP contribution is -2.27. The first kappa shape index (κ1) is 44.7. The molecule has 336 valence electrons. The normalized spacial score (nSPS) is 18.2. The van der Waals surface area contributed by atoms with E-state index < -0.39 is 53.0 Å². The van der Waals surface area contributed by atoms with Crippen LogP contribution in [-0.4, -0.2) is 82.1 Å². The van der Waals surface area contributed by atoms with Gasteiger partial charge in [-0.25, -0.2) is 0 Å². The van der Waals surface area contributed by atoms with E-state index in [4.69, 9.17) is 0 Å². The number of rotatable bonds is 12. The lowest BCUT2D eigenvalue weighted by Gasteiger charge is -2.19. The molecule has 0 atom stereocenters. The largest absolute Gasteiger partial charge is 0.505 e. The Morgan fingerprint density at radius 2 is 0.746 bits per heavy atom. The van der Waals surface area contributed by atoms with E-state index in [9.17, 15) is 55.3 Å². The number of allylic oxidation sites excluding steroid dienone is 8. The molecule has 4 aromatic rings. The van der Waals surface area contributed by atoms with E-state index in [-0.39, 0.29) is 56.8 Å². The first-order valence-electron chi connectivity index (χ1n) is 19.2. The van der Waals surface area contributed by atoms with Gasteiger partial charge in [-0.15, -0.1) is 0 Å². The summed E-state index contributed by atoms with van der Waals surface area (Å²) >= 11 is 0. The van der Waals surface area contributed by atoms with Crippen molar-refractivity contribution in [3.05, 3.63) is 165 Å². The number of nitrogens with one attached hydrogen (secondary N) is 5. The minimum atomic E-state index is -5.00. The monoisotopic (exact) mass is 941 g/mol. The third-order valence-electron chi connectivity index (χ3n) is 9.78. The predicted octanol–water partition coefficient (Wildman–Crippen LogP) is 5.91. The highest BCUT2D eigenvalue weighted by atomic mass is 32.2.